The maximum atomic E-state index is 13.1. The van der Waals surface area contributed by atoms with Gasteiger partial charge in [0.05, 0.1) is 0 Å². The first-order chi connectivity index (χ1) is 6.18. The van der Waals surface area contributed by atoms with E-state index in [0.717, 1.165) is 10.8 Å². The lowest BCUT2D eigenvalue weighted by Crippen LogP contribution is -1.85. The topological polar surface area (TPSA) is 12.9 Å². The van der Waals surface area contributed by atoms with E-state index in [1.807, 2.05) is 0 Å². The van der Waals surface area contributed by atoms with Gasteiger partial charge in [0.1, 0.15) is 11.0 Å². The fourth-order valence-corrected chi connectivity index (χ4v) is 1.49. The lowest BCUT2D eigenvalue weighted by molar-refractivity contribution is 0.620. The van der Waals surface area contributed by atoms with Crippen molar-refractivity contribution in [1.82, 2.24) is 4.98 Å². The number of halogens is 2. The highest BCUT2D eigenvalue weighted by Gasteiger charge is 2.03. The van der Waals surface area contributed by atoms with E-state index in [2.05, 4.69) is 4.98 Å². The fraction of sp³-hybridized carbons (Fsp3) is 0.100. The largest absolute Gasteiger partial charge is 0.244 e. The first-order valence-corrected chi connectivity index (χ1v) is 4.26. The Balaban J connectivity index is 2.89. The minimum atomic E-state index is -0.213. The summed E-state index contributed by atoms with van der Waals surface area (Å²) >= 11 is 5.85. The molecule has 0 aliphatic rings. The van der Waals surface area contributed by atoms with E-state index in [0.29, 0.717) is 10.7 Å². The third kappa shape index (κ3) is 1.38. The van der Waals surface area contributed by atoms with Gasteiger partial charge in [0, 0.05) is 11.6 Å². The third-order valence-electron chi connectivity index (χ3n) is 2.00. The first kappa shape index (κ1) is 8.45. The van der Waals surface area contributed by atoms with Crippen LogP contribution in [-0.2, 0) is 0 Å². The maximum absolute atomic E-state index is 13.1. The van der Waals surface area contributed by atoms with Gasteiger partial charge in [-0.05, 0) is 36.1 Å². The van der Waals surface area contributed by atoms with E-state index < -0.39 is 0 Å². The zero-order valence-corrected chi connectivity index (χ0v) is 7.77. The molecule has 13 heavy (non-hydrogen) atoms. The molecule has 0 fully saturated rings. The van der Waals surface area contributed by atoms with E-state index in [1.165, 1.54) is 6.07 Å². The van der Waals surface area contributed by atoms with Gasteiger partial charge in [-0.1, -0.05) is 11.6 Å². The highest BCUT2D eigenvalue weighted by molar-refractivity contribution is 6.34. The van der Waals surface area contributed by atoms with Gasteiger partial charge in [-0.25, -0.2) is 9.37 Å². The van der Waals surface area contributed by atoms with Crippen molar-refractivity contribution in [1.29, 1.82) is 0 Å². The van der Waals surface area contributed by atoms with Gasteiger partial charge in [-0.3, -0.25) is 0 Å². The van der Waals surface area contributed by atoms with Gasteiger partial charge in [0.2, 0.25) is 0 Å². The summed E-state index contributed by atoms with van der Waals surface area (Å²) in [5.74, 6) is -0.213. The molecule has 0 bridgehead atoms. The standard InChI is InChI=1S/C10H7ClFN/c1-6-4-8-7(5-9(6)12)2-3-13-10(8)11/h2-5H,1H3. The molecule has 0 spiro atoms. The number of aromatic nitrogens is 1. The Morgan fingerprint density at radius 2 is 2.15 bits per heavy atom. The van der Waals surface area contributed by atoms with Crippen molar-refractivity contribution in [3.63, 3.8) is 0 Å². The summed E-state index contributed by atoms with van der Waals surface area (Å²) in [6.45, 7) is 1.71. The van der Waals surface area contributed by atoms with Crippen LogP contribution < -0.4 is 0 Å². The van der Waals surface area contributed by atoms with Crippen LogP contribution in [0.3, 0.4) is 0 Å². The van der Waals surface area contributed by atoms with Gasteiger partial charge in [0.25, 0.3) is 0 Å². The van der Waals surface area contributed by atoms with E-state index in [1.54, 1.807) is 25.3 Å². The van der Waals surface area contributed by atoms with Crippen molar-refractivity contribution < 1.29 is 4.39 Å². The second kappa shape index (κ2) is 2.96. The number of fused-ring (bicyclic) bond motifs is 1. The minimum Gasteiger partial charge on any atom is -0.244 e. The molecule has 0 saturated carbocycles. The maximum Gasteiger partial charge on any atom is 0.136 e. The summed E-state index contributed by atoms with van der Waals surface area (Å²) in [5, 5.41) is 1.99. The Hall–Kier alpha value is -1.15. The Kier molecular flexibility index (Phi) is 1.93. The molecule has 0 radical (unpaired) electrons. The van der Waals surface area contributed by atoms with Crippen LogP contribution in [0.4, 0.5) is 4.39 Å². The number of hydrogen-bond acceptors (Lipinski definition) is 1. The predicted molar refractivity (Wildman–Crippen MR) is 51.4 cm³/mol. The molecule has 0 saturated heterocycles. The van der Waals surface area contributed by atoms with Crippen molar-refractivity contribution in [3.8, 4) is 0 Å². The van der Waals surface area contributed by atoms with Gasteiger partial charge in [0.15, 0.2) is 0 Å². The molecular weight excluding hydrogens is 189 g/mol. The summed E-state index contributed by atoms with van der Waals surface area (Å²) in [6.07, 6.45) is 1.57. The predicted octanol–water partition coefficient (Wildman–Crippen LogP) is 3.34. The zero-order valence-electron chi connectivity index (χ0n) is 7.01. The quantitative estimate of drug-likeness (QED) is 0.588. The van der Waals surface area contributed by atoms with Crippen LogP contribution in [0, 0.1) is 12.7 Å². The molecule has 1 heterocycles. The molecule has 2 rings (SSSR count). The van der Waals surface area contributed by atoms with E-state index in [9.17, 15) is 4.39 Å². The van der Waals surface area contributed by atoms with E-state index in [4.69, 9.17) is 11.6 Å². The number of rotatable bonds is 0. The monoisotopic (exact) mass is 195 g/mol. The normalized spacial score (nSPS) is 10.7. The minimum absolute atomic E-state index is 0.213. The van der Waals surface area contributed by atoms with Crippen LogP contribution in [0.15, 0.2) is 24.4 Å². The number of nitrogens with zero attached hydrogens (tertiary/aromatic N) is 1. The smallest absolute Gasteiger partial charge is 0.136 e. The highest BCUT2D eigenvalue weighted by atomic mass is 35.5. The zero-order chi connectivity index (χ0) is 9.42. The Morgan fingerprint density at radius 3 is 2.92 bits per heavy atom. The Bertz CT molecular complexity index is 468. The van der Waals surface area contributed by atoms with Crippen LogP contribution in [0.25, 0.3) is 10.8 Å². The van der Waals surface area contributed by atoms with Gasteiger partial charge >= 0.3 is 0 Å². The van der Waals surface area contributed by atoms with Crippen LogP contribution in [0.5, 0.6) is 0 Å². The van der Waals surface area contributed by atoms with Crippen LogP contribution >= 0.6 is 11.6 Å². The first-order valence-electron chi connectivity index (χ1n) is 3.89. The Labute approximate surface area is 80.2 Å². The summed E-state index contributed by atoms with van der Waals surface area (Å²) in [6, 6.07) is 4.92. The average Bonchev–Trinajstić information content (AvgIpc) is 2.09. The van der Waals surface area contributed by atoms with Gasteiger partial charge in [-0.2, -0.15) is 0 Å². The molecule has 0 aliphatic carbocycles. The molecule has 0 N–H and O–H groups in total. The molecular formula is C10H7ClFN. The number of hydrogen-bond donors (Lipinski definition) is 0. The summed E-state index contributed by atoms with van der Waals surface area (Å²) in [5.41, 5.74) is 0.586. The molecule has 0 atom stereocenters. The molecule has 66 valence electrons. The van der Waals surface area contributed by atoms with Gasteiger partial charge in [-0.15, -0.1) is 0 Å². The molecule has 0 unspecified atom stereocenters. The van der Waals surface area contributed by atoms with Crippen molar-refractivity contribution in [2.24, 2.45) is 0 Å². The van der Waals surface area contributed by atoms with Crippen molar-refractivity contribution in [3.05, 3.63) is 40.9 Å². The average molecular weight is 196 g/mol. The molecule has 3 heteroatoms. The van der Waals surface area contributed by atoms with Crippen LogP contribution in [0.1, 0.15) is 5.56 Å². The molecule has 0 aliphatic heterocycles. The number of pyridine rings is 1. The highest BCUT2D eigenvalue weighted by Crippen LogP contribution is 2.23. The lowest BCUT2D eigenvalue weighted by atomic mass is 10.1. The van der Waals surface area contributed by atoms with Crippen molar-refractivity contribution >= 4 is 22.4 Å². The van der Waals surface area contributed by atoms with E-state index in [-0.39, 0.29) is 5.82 Å². The number of aryl methyl sites for hydroxylation is 1. The molecule has 1 nitrogen and oxygen atoms in total. The second-order valence-corrected chi connectivity index (χ2v) is 3.28. The van der Waals surface area contributed by atoms with Crippen LogP contribution in [-0.4, -0.2) is 4.98 Å². The van der Waals surface area contributed by atoms with Gasteiger partial charge < -0.3 is 0 Å². The van der Waals surface area contributed by atoms with Crippen molar-refractivity contribution in [2.45, 2.75) is 6.92 Å². The molecule has 2 aromatic rings. The summed E-state index contributed by atoms with van der Waals surface area (Å²) in [4.78, 5) is 3.92. The molecule has 1 aromatic heterocycles. The lowest BCUT2D eigenvalue weighted by Gasteiger charge is -2.01. The Morgan fingerprint density at radius 1 is 1.38 bits per heavy atom. The second-order valence-electron chi connectivity index (χ2n) is 2.92. The SMILES string of the molecule is Cc1cc2c(Cl)nccc2cc1F. The summed E-state index contributed by atoms with van der Waals surface area (Å²) < 4.78 is 13.1. The number of benzene rings is 1. The molecule has 0 amide bonds. The van der Waals surface area contributed by atoms with Crippen LogP contribution in [0.2, 0.25) is 5.15 Å². The molecule has 1 aromatic carbocycles. The van der Waals surface area contributed by atoms with E-state index >= 15 is 0 Å². The summed E-state index contributed by atoms with van der Waals surface area (Å²) in [7, 11) is 0. The fourth-order valence-electron chi connectivity index (χ4n) is 1.27. The van der Waals surface area contributed by atoms with Crippen molar-refractivity contribution in [2.75, 3.05) is 0 Å². The third-order valence-corrected chi connectivity index (χ3v) is 2.30.